The molecule has 0 saturated heterocycles. The normalized spacial score (nSPS) is 10.9. The molecule has 2 aromatic carbocycles. The van der Waals surface area contributed by atoms with Gasteiger partial charge in [-0.1, -0.05) is 60.3 Å². The number of hydrogen-bond donors (Lipinski definition) is 1. The van der Waals surface area contributed by atoms with Gasteiger partial charge in [-0.15, -0.1) is 0 Å². The van der Waals surface area contributed by atoms with Crippen LogP contribution >= 0.6 is 11.8 Å². The van der Waals surface area contributed by atoms with Crippen molar-refractivity contribution in [1.82, 2.24) is 9.97 Å². The predicted octanol–water partition coefficient (Wildman–Crippen LogP) is 4.50. The summed E-state index contributed by atoms with van der Waals surface area (Å²) in [6.45, 7) is 0. The lowest BCUT2D eigenvalue weighted by Gasteiger charge is -2.04. The number of ether oxygens (including phenoxy) is 1. The fourth-order valence-corrected chi connectivity index (χ4v) is 2.94. The van der Waals surface area contributed by atoms with Gasteiger partial charge in [0.2, 0.25) is 0 Å². The van der Waals surface area contributed by atoms with Gasteiger partial charge in [-0.05, 0) is 11.6 Å². The van der Waals surface area contributed by atoms with Crippen LogP contribution in [0.3, 0.4) is 0 Å². The molecule has 3 aromatic rings. The second-order valence-corrected chi connectivity index (χ2v) is 5.97. The minimum atomic E-state index is -0.202. The van der Waals surface area contributed by atoms with E-state index < -0.39 is 0 Å². The van der Waals surface area contributed by atoms with Crippen molar-refractivity contribution in [2.45, 2.75) is 11.6 Å². The quantitative estimate of drug-likeness (QED) is 0.535. The summed E-state index contributed by atoms with van der Waals surface area (Å²) in [5, 5.41) is 0.775. The smallest absolute Gasteiger partial charge is 0.168 e. The highest BCUT2D eigenvalue weighted by Gasteiger charge is 2.14. The third-order valence-corrected chi connectivity index (χ3v) is 4.26. The molecule has 0 bridgehead atoms. The number of nitrogens with one attached hydrogen (secondary N) is 1. The molecule has 0 aliphatic carbocycles. The Morgan fingerprint density at radius 2 is 1.83 bits per heavy atom. The first-order valence-electron chi connectivity index (χ1n) is 7.27. The third kappa shape index (κ3) is 3.81. The molecule has 23 heavy (non-hydrogen) atoms. The van der Waals surface area contributed by atoms with Gasteiger partial charge >= 0.3 is 0 Å². The average molecular weight is 328 g/mol. The van der Waals surface area contributed by atoms with E-state index in [0.29, 0.717) is 17.9 Å². The second-order valence-electron chi connectivity index (χ2n) is 5.05. The van der Waals surface area contributed by atoms with E-state index in [-0.39, 0.29) is 5.82 Å². The minimum Gasteiger partial charge on any atom is -0.374 e. The summed E-state index contributed by atoms with van der Waals surface area (Å²) in [5.41, 5.74) is 3.42. The number of aromatic amines is 1. The van der Waals surface area contributed by atoms with Gasteiger partial charge in [0, 0.05) is 24.8 Å². The highest BCUT2D eigenvalue weighted by molar-refractivity contribution is 7.99. The van der Waals surface area contributed by atoms with E-state index in [2.05, 4.69) is 9.97 Å². The summed E-state index contributed by atoms with van der Waals surface area (Å²) in [7, 11) is 1.65. The van der Waals surface area contributed by atoms with Crippen LogP contribution in [-0.2, 0) is 11.2 Å². The molecule has 0 amide bonds. The Kier molecular flexibility index (Phi) is 5.10. The van der Waals surface area contributed by atoms with E-state index in [1.807, 2.05) is 36.4 Å². The van der Waals surface area contributed by atoms with Crippen molar-refractivity contribution in [1.29, 1.82) is 0 Å². The number of nitrogens with zero attached hydrogens (tertiary/aromatic N) is 1. The zero-order valence-electron chi connectivity index (χ0n) is 12.8. The lowest BCUT2D eigenvalue weighted by Crippen LogP contribution is -1.95. The van der Waals surface area contributed by atoms with E-state index in [0.717, 1.165) is 22.1 Å². The zero-order valence-corrected chi connectivity index (χ0v) is 13.6. The molecule has 5 heteroatoms. The first-order chi connectivity index (χ1) is 11.3. The molecule has 0 radical (unpaired) electrons. The van der Waals surface area contributed by atoms with E-state index in [9.17, 15) is 4.39 Å². The maximum Gasteiger partial charge on any atom is 0.168 e. The van der Waals surface area contributed by atoms with Crippen molar-refractivity contribution >= 4 is 11.8 Å². The number of H-pyrrole nitrogens is 1. The molecule has 1 aromatic heterocycles. The summed E-state index contributed by atoms with van der Waals surface area (Å²) in [6.07, 6.45) is 0.470. The highest BCUT2D eigenvalue weighted by atomic mass is 32.2. The maximum absolute atomic E-state index is 14.0. The standard InChI is InChI=1S/C18H17FN2OS/c1-22-12-23-18-20-16(11-14-9-5-6-10-15(14)19)17(21-18)13-7-3-2-4-8-13/h2-10H,11-12H2,1H3,(H,20,21). The Bertz CT molecular complexity index is 774. The summed E-state index contributed by atoms with van der Waals surface area (Å²) in [6, 6.07) is 16.7. The number of thioether (sulfide) groups is 1. The van der Waals surface area contributed by atoms with Gasteiger partial charge in [0.1, 0.15) is 5.82 Å². The van der Waals surface area contributed by atoms with Gasteiger partial charge in [0.05, 0.1) is 11.6 Å². The number of rotatable bonds is 6. The van der Waals surface area contributed by atoms with Crippen LogP contribution in [-0.4, -0.2) is 23.0 Å². The number of aromatic nitrogens is 2. The Labute approximate surface area is 138 Å². The average Bonchev–Trinajstić information content (AvgIpc) is 2.99. The summed E-state index contributed by atoms with van der Waals surface area (Å²) >= 11 is 1.48. The first kappa shape index (κ1) is 15.8. The number of hydrogen-bond acceptors (Lipinski definition) is 3. The molecule has 1 N–H and O–H groups in total. The van der Waals surface area contributed by atoms with Crippen molar-refractivity contribution in [2.75, 3.05) is 13.0 Å². The van der Waals surface area contributed by atoms with Gasteiger partial charge in [-0.25, -0.2) is 9.37 Å². The van der Waals surface area contributed by atoms with E-state index in [1.54, 1.807) is 19.2 Å². The molecule has 0 unspecified atom stereocenters. The van der Waals surface area contributed by atoms with Gasteiger partial charge in [-0.3, -0.25) is 0 Å². The van der Waals surface area contributed by atoms with Gasteiger partial charge < -0.3 is 9.72 Å². The van der Waals surface area contributed by atoms with Crippen LogP contribution in [0.2, 0.25) is 0 Å². The monoisotopic (exact) mass is 328 g/mol. The van der Waals surface area contributed by atoms with E-state index in [1.165, 1.54) is 17.8 Å². The fourth-order valence-electron chi connectivity index (χ4n) is 2.36. The zero-order chi connectivity index (χ0) is 16.1. The Balaban J connectivity index is 1.97. The van der Waals surface area contributed by atoms with Gasteiger partial charge in [-0.2, -0.15) is 0 Å². The van der Waals surface area contributed by atoms with Crippen LogP contribution in [0.25, 0.3) is 11.3 Å². The molecule has 3 nitrogen and oxygen atoms in total. The topological polar surface area (TPSA) is 37.9 Å². The van der Waals surface area contributed by atoms with Crippen LogP contribution in [0.1, 0.15) is 11.3 Å². The molecule has 3 rings (SSSR count). The minimum absolute atomic E-state index is 0.202. The summed E-state index contributed by atoms with van der Waals surface area (Å²) in [5.74, 6) is 0.313. The number of imidazole rings is 1. The second kappa shape index (κ2) is 7.44. The highest BCUT2D eigenvalue weighted by Crippen LogP contribution is 2.27. The summed E-state index contributed by atoms with van der Waals surface area (Å²) < 4.78 is 19.0. The van der Waals surface area contributed by atoms with Crippen LogP contribution in [0.15, 0.2) is 59.8 Å². The molecule has 0 aliphatic rings. The Morgan fingerprint density at radius 3 is 2.57 bits per heavy atom. The third-order valence-electron chi connectivity index (χ3n) is 3.44. The molecule has 0 atom stereocenters. The van der Waals surface area contributed by atoms with Crippen LogP contribution in [0.5, 0.6) is 0 Å². The lowest BCUT2D eigenvalue weighted by atomic mass is 10.0. The molecule has 118 valence electrons. The molecular formula is C18H17FN2OS. The molecule has 0 saturated carbocycles. The van der Waals surface area contributed by atoms with Crippen LogP contribution in [0, 0.1) is 5.82 Å². The maximum atomic E-state index is 14.0. The van der Waals surface area contributed by atoms with E-state index >= 15 is 0 Å². The molecule has 0 fully saturated rings. The lowest BCUT2D eigenvalue weighted by molar-refractivity contribution is 0.258. The number of halogens is 1. The Hall–Kier alpha value is -2.11. The van der Waals surface area contributed by atoms with Crippen molar-refractivity contribution < 1.29 is 9.13 Å². The van der Waals surface area contributed by atoms with Gasteiger partial charge in [0.25, 0.3) is 0 Å². The van der Waals surface area contributed by atoms with Crippen molar-refractivity contribution in [3.05, 3.63) is 71.7 Å². The molecule has 0 aliphatic heterocycles. The van der Waals surface area contributed by atoms with E-state index in [4.69, 9.17) is 4.74 Å². The predicted molar refractivity (Wildman–Crippen MR) is 91.0 cm³/mol. The number of benzene rings is 2. The van der Waals surface area contributed by atoms with Crippen molar-refractivity contribution in [3.63, 3.8) is 0 Å². The largest absolute Gasteiger partial charge is 0.374 e. The van der Waals surface area contributed by atoms with Gasteiger partial charge in [0.15, 0.2) is 5.16 Å². The first-order valence-corrected chi connectivity index (χ1v) is 8.26. The van der Waals surface area contributed by atoms with Crippen molar-refractivity contribution in [2.24, 2.45) is 0 Å². The molecule has 1 heterocycles. The van der Waals surface area contributed by atoms with Crippen molar-refractivity contribution in [3.8, 4) is 11.3 Å². The van der Waals surface area contributed by atoms with Crippen LogP contribution < -0.4 is 0 Å². The molecular weight excluding hydrogens is 311 g/mol. The summed E-state index contributed by atoms with van der Waals surface area (Å²) in [4.78, 5) is 7.94. The number of methoxy groups -OCH3 is 1. The SMILES string of the molecule is COCSc1nc(-c2ccccc2)c(Cc2ccccc2F)[nH]1. The Morgan fingerprint density at radius 1 is 1.09 bits per heavy atom. The fraction of sp³-hybridized carbons (Fsp3) is 0.167. The van der Waals surface area contributed by atoms with Crippen LogP contribution in [0.4, 0.5) is 4.39 Å². The molecule has 0 spiro atoms.